The topological polar surface area (TPSA) is 12.0 Å². The summed E-state index contributed by atoms with van der Waals surface area (Å²) in [6.45, 7) is 6.84. The van der Waals surface area contributed by atoms with E-state index in [1.165, 1.54) is 30.4 Å². The van der Waals surface area contributed by atoms with E-state index in [0.717, 1.165) is 5.92 Å². The molecule has 0 amide bonds. The van der Waals surface area contributed by atoms with Gasteiger partial charge in [0.1, 0.15) is 0 Å². The molecular formula is C16H25N. The van der Waals surface area contributed by atoms with Crippen LogP contribution in [0.2, 0.25) is 0 Å². The molecule has 0 saturated heterocycles. The zero-order valence-electron chi connectivity index (χ0n) is 11.6. The van der Waals surface area contributed by atoms with E-state index in [1.54, 1.807) is 0 Å². The maximum absolute atomic E-state index is 3.51. The average molecular weight is 231 g/mol. The van der Waals surface area contributed by atoms with Crippen molar-refractivity contribution in [2.45, 2.75) is 52.0 Å². The van der Waals surface area contributed by atoms with E-state index >= 15 is 0 Å². The molecule has 0 aromatic heterocycles. The van der Waals surface area contributed by atoms with Crippen LogP contribution in [-0.2, 0) is 0 Å². The van der Waals surface area contributed by atoms with Crippen molar-refractivity contribution in [1.82, 2.24) is 5.32 Å². The van der Waals surface area contributed by atoms with Gasteiger partial charge < -0.3 is 5.32 Å². The summed E-state index contributed by atoms with van der Waals surface area (Å²) < 4.78 is 0. The Morgan fingerprint density at radius 1 is 1.18 bits per heavy atom. The molecule has 0 heterocycles. The van der Waals surface area contributed by atoms with Gasteiger partial charge in [-0.25, -0.2) is 0 Å². The van der Waals surface area contributed by atoms with Crippen molar-refractivity contribution in [2.75, 3.05) is 7.05 Å². The normalized spacial score (nSPS) is 26.6. The van der Waals surface area contributed by atoms with Crippen molar-refractivity contribution in [1.29, 1.82) is 0 Å². The fourth-order valence-electron chi connectivity index (χ4n) is 3.70. The molecule has 1 aliphatic carbocycles. The van der Waals surface area contributed by atoms with Gasteiger partial charge in [-0.05, 0) is 50.1 Å². The van der Waals surface area contributed by atoms with Crippen LogP contribution in [0.15, 0.2) is 24.3 Å². The van der Waals surface area contributed by atoms with E-state index in [-0.39, 0.29) is 0 Å². The average Bonchev–Trinajstić information content (AvgIpc) is 2.33. The molecule has 2 unspecified atom stereocenters. The van der Waals surface area contributed by atoms with E-state index in [0.29, 0.717) is 11.5 Å². The summed E-state index contributed by atoms with van der Waals surface area (Å²) in [5.74, 6) is 0.746. The summed E-state index contributed by atoms with van der Waals surface area (Å²) in [6.07, 6.45) is 3.84. The smallest absolute Gasteiger partial charge is 0.0132 e. The largest absolute Gasteiger partial charge is 0.316 e. The van der Waals surface area contributed by atoms with Gasteiger partial charge in [-0.15, -0.1) is 0 Å². The van der Waals surface area contributed by atoms with Crippen molar-refractivity contribution in [3.8, 4) is 0 Å². The Morgan fingerprint density at radius 3 is 2.24 bits per heavy atom. The minimum absolute atomic E-state index is 0.476. The molecule has 17 heavy (non-hydrogen) atoms. The van der Waals surface area contributed by atoms with Crippen LogP contribution < -0.4 is 5.32 Å². The predicted molar refractivity (Wildman–Crippen MR) is 74.4 cm³/mol. The maximum atomic E-state index is 3.51. The number of aryl methyl sites for hydroxylation is 1. The first kappa shape index (κ1) is 12.6. The third-order valence-corrected chi connectivity index (χ3v) is 5.00. The molecule has 94 valence electrons. The minimum atomic E-state index is 0.476. The lowest BCUT2D eigenvalue weighted by molar-refractivity contribution is 0.0245. The molecule has 2 rings (SSSR count). The van der Waals surface area contributed by atoms with E-state index in [9.17, 15) is 0 Å². The summed E-state index contributed by atoms with van der Waals surface area (Å²) in [5, 5.41) is 3.51. The van der Waals surface area contributed by atoms with Crippen molar-refractivity contribution in [2.24, 2.45) is 5.41 Å². The van der Waals surface area contributed by atoms with E-state index in [4.69, 9.17) is 0 Å². The quantitative estimate of drug-likeness (QED) is 0.829. The first-order valence-corrected chi connectivity index (χ1v) is 6.91. The summed E-state index contributed by atoms with van der Waals surface area (Å²) in [7, 11) is 2.11. The molecule has 0 bridgehead atoms. The summed E-state index contributed by atoms with van der Waals surface area (Å²) in [4.78, 5) is 0. The molecule has 1 N–H and O–H groups in total. The summed E-state index contributed by atoms with van der Waals surface area (Å²) >= 11 is 0. The van der Waals surface area contributed by atoms with E-state index < -0.39 is 0 Å². The maximum Gasteiger partial charge on any atom is 0.0132 e. The molecule has 2 atom stereocenters. The summed E-state index contributed by atoms with van der Waals surface area (Å²) in [6, 6.07) is 9.84. The number of benzene rings is 1. The van der Waals surface area contributed by atoms with Crippen molar-refractivity contribution in [3.05, 3.63) is 35.4 Å². The first-order chi connectivity index (χ1) is 8.17. The molecule has 0 aliphatic heterocycles. The zero-order valence-corrected chi connectivity index (χ0v) is 11.6. The highest BCUT2D eigenvalue weighted by Gasteiger charge is 2.51. The van der Waals surface area contributed by atoms with Gasteiger partial charge in [0.25, 0.3) is 0 Å². The highest BCUT2D eigenvalue weighted by atomic mass is 14.9. The number of hydrogen-bond donors (Lipinski definition) is 1. The fraction of sp³-hybridized carbons (Fsp3) is 0.625. The lowest BCUT2D eigenvalue weighted by Gasteiger charge is -2.56. The second kappa shape index (κ2) is 4.81. The molecule has 1 saturated carbocycles. The molecule has 1 heteroatoms. The van der Waals surface area contributed by atoms with Crippen molar-refractivity contribution < 1.29 is 0 Å². The van der Waals surface area contributed by atoms with Crippen LogP contribution in [0.3, 0.4) is 0 Å². The number of rotatable bonds is 4. The van der Waals surface area contributed by atoms with Gasteiger partial charge in [-0.1, -0.05) is 43.7 Å². The number of nitrogens with one attached hydrogen (secondary N) is 1. The lowest BCUT2D eigenvalue weighted by Crippen LogP contribution is -2.57. The third-order valence-electron chi connectivity index (χ3n) is 5.00. The molecule has 0 spiro atoms. The number of hydrogen-bond acceptors (Lipinski definition) is 1. The van der Waals surface area contributed by atoms with Crippen LogP contribution in [0.4, 0.5) is 0 Å². The molecule has 1 aliphatic rings. The second-order valence-electron chi connectivity index (χ2n) is 5.48. The van der Waals surface area contributed by atoms with Crippen LogP contribution >= 0.6 is 0 Å². The minimum Gasteiger partial charge on any atom is -0.316 e. The Labute approximate surface area is 106 Å². The molecule has 1 aromatic rings. The molecule has 1 fully saturated rings. The summed E-state index contributed by atoms with van der Waals surface area (Å²) in [5.41, 5.74) is 3.37. The van der Waals surface area contributed by atoms with E-state index in [2.05, 4.69) is 57.4 Å². The molecule has 1 nitrogen and oxygen atoms in total. The Hall–Kier alpha value is -0.820. The van der Waals surface area contributed by atoms with E-state index in [1.807, 2.05) is 0 Å². The van der Waals surface area contributed by atoms with Crippen LogP contribution in [0, 0.1) is 12.3 Å². The predicted octanol–water partition coefficient (Wildman–Crippen LogP) is 3.88. The van der Waals surface area contributed by atoms with Gasteiger partial charge in [0, 0.05) is 6.04 Å². The molecular weight excluding hydrogens is 206 g/mol. The van der Waals surface area contributed by atoms with Gasteiger partial charge in [0.15, 0.2) is 0 Å². The fourth-order valence-corrected chi connectivity index (χ4v) is 3.70. The van der Waals surface area contributed by atoms with Gasteiger partial charge in [0.2, 0.25) is 0 Å². The second-order valence-corrected chi connectivity index (χ2v) is 5.48. The van der Waals surface area contributed by atoms with Gasteiger partial charge >= 0.3 is 0 Å². The Bertz CT molecular complexity index is 362. The molecule has 0 radical (unpaired) electrons. The Kier molecular flexibility index (Phi) is 3.58. The van der Waals surface area contributed by atoms with Crippen molar-refractivity contribution in [3.63, 3.8) is 0 Å². The Balaban J connectivity index is 2.25. The van der Waals surface area contributed by atoms with Gasteiger partial charge in [-0.2, -0.15) is 0 Å². The lowest BCUT2D eigenvalue weighted by atomic mass is 9.52. The first-order valence-electron chi connectivity index (χ1n) is 6.91. The van der Waals surface area contributed by atoms with Crippen molar-refractivity contribution >= 4 is 0 Å². The third kappa shape index (κ3) is 1.91. The molecule has 1 aromatic carbocycles. The highest BCUT2D eigenvalue weighted by Crippen LogP contribution is 2.57. The zero-order chi connectivity index (χ0) is 12.5. The standard InChI is InChI=1S/C16H25N/c1-5-16(6-2)14(11-15(16)17-4)13-9-7-12(3)8-10-13/h7-10,14-15,17H,5-6,11H2,1-4H3. The van der Waals surface area contributed by atoms with Gasteiger partial charge in [0.05, 0.1) is 0 Å². The van der Waals surface area contributed by atoms with Crippen LogP contribution in [0.25, 0.3) is 0 Å². The van der Waals surface area contributed by atoms with Gasteiger partial charge in [-0.3, -0.25) is 0 Å². The van der Waals surface area contributed by atoms with Crippen LogP contribution in [0.1, 0.15) is 50.2 Å². The SMILES string of the molecule is CCC1(CC)C(NC)CC1c1ccc(C)cc1. The van der Waals surface area contributed by atoms with Crippen LogP contribution in [-0.4, -0.2) is 13.1 Å². The van der Waals surface area contributed by atoms with Crippen LogP contribution in [0.5, 0.6) is 0 Å². The highest BCUT2D eigenvalue weighted by molar-refractivity contribution is 5.30. The monoisotopic (exact) mass is 231 g/mol. The Morgan fingerprint density at radius 2 is 1.76 bits per heavy atom.